The Balaban J connectivity index is 2.48. The van der Waals surface area contributed by atoms with Crippen LogP contribution in [0.4, 0.5) is 0 Å². The number of rotatable bonds is 5. The summed E-state index contributed by atoms with van der Waals surface area (Å²) in [7, 11) is -4.32. The van der Waals surface area contributed by atoms with E-state index in [-0.39, 0.29) is 6.42 Å². The van der Waals surface area contributed by atoms with E-state index >= 15 is 0 Å². The number of ether oxygens (including phenoxy) is 1. The van der Waals surface area contributed by atoms with Crippen molar-refractivity contribution in [3.8, 4) is 0 Å². The van der Waals surface area contributed by atoms with E-state index in [9.17, 15) is 13.2 Å². The van der Waals surface area contributed by atoms with E-state index in [2.05, 4.69) is 4.74 Å². The zero-order valence-corrected chi connectivity index (χ0v) is 9.76. The van der Waals surface area contributed by atoms with Gasteiger partial charge in [0.25, 0.3) is 0 Å². The summed E-state index contributed by atoms with van der Waals surface area (Å²) in [6.45, 7) is 0. The molecule has 1 rings (SSSR count). The summed E-state index contributed by atoms with van der Waals surface area (Å²) in [6.07, 6.45) is 0.241. The van der Waals surface area contributed by atoms with Crippen molar-refractivity contribution in [2.24, 2.45) is 5.73 Å². The second-order valence-corrected chi connectivity index (χ2v) is 4.86. The minimum atomic E-state index is -4.32. The van der Waals surface area contributed by atoms with Crippen molar-refractivity contribution in [1.82, 2.24) is 0 Å². The van der Waals surface area contributed by atoms with Crippen molar-refractivity contribution in [1.29, 1.82) is 0 Å². The number of hydrogen-bond donors (Lipinski definition) is 2. The molecule has 0 amide bonds. The van der Waals surface area contributed by atoms with E-state index in [4.69, 9.17) is 10.3 Å². The van der Waals surface area contributed by atoms with Gasteiger partial charge < -0.3 is 10.5 Å². The molecule has 0 aliphatic heterocycles. The van der Waals surface area contributed by atoms with Gasteiger partial charge in [-0.3, -0.25) is 9.35 Å². The van der Waals surface area contributed by atoms with Gasteiger partial charge in [0.2, 0.25) is 5.94 Å². The second-order valence-electron chi connectivity index (χ2n) is 3.46. The molecule has 1 aromatic rings. The van der Waals surface area contributed by atoms with Gasteiger partial charge in [0, 0.05) is 0 Å². The zero-order chi connectivity index (χ0) is 12.9. The second kappa shape index (κ2) is 5.76. The highest BCUT2D eigenvalue weighted by Gasteiger charge is 2.18. The van der Waals surface area contributed by atoms with Gasteiger partial charge in [-0.05, 0) is 12.0 Å². The molecule has 1 atom stereocenters. The fraction of sp³-hybridized carbons (Fsp3) is 0.300. The Morgan fingerprint density at radius 2 is 1.94 bits per heavy atom. The highest BCUT2D eigenvalue weighted by Crippen LogP contribution is 2.03. The Morgan fingerprint density at radius 1 is 1.35 bits per heavy atom. The molecule has 17 heavy (non-hydrogen) atoms. The molecule has 0 radical (unpaired) electrons. The van der Waals surface area contributed by atoms with E-state index in [1.165, 1.54) is 0 Å². The van der Waals surface area contributed by atoms with Gasteiger partial charge in [0.1, 0.15) is 6.04 Å². The molecule has 0 heterocycles. The summed E-state index contributed by atoms with van der Waals surface area (Å²) in [5, 5.41) is 0. The number of carbonyl (C=O) groups excluding carboxylic acids is 1. The molecule has 0 saturated heterocycles. The maximum absolute atomic E-state index is 11.3. The Labute approximate surface area is 99.1 Å². The van der Waals surface area contributed by atoms with Gasteiger partial charge in [-0.15, -0.1) is 0 Å². The van der Waals surface area contributed by atoms with Crippen LogP contribution in [0.1, 0.15) is 5.56 Å². The van der Waals surface area contributed by atoms with Crippen LogP contribution in [0.15, 0.2) is 30.3 Å². The van der Waals surface area contributed by atoms with Gasteiger partial charge in [-0.25, -0.2) is 0 Å². The molecule has 0 aliphatic rings. The largest absolute Gasteiger partial charge is 0.445 e. The number of nitrogens with two attached hydrogens (primary N) is 1. The van der Waals surface area contributed by atoms with Crippen molar-refractivity contribution >= 4 is 16.1 Å². The van der Waals surface area contributed by atoms with Crippen molar-refractivity contribution in [3.63, 3.8) is 0 Å². The van der Waals surface area contributed by atoms with E-state index in [0.717, 1.165) is 5.56 Å². The van der Waals surface area contributed by atoms with Crippen LogP contribution in [-0.4, -0.2) is 30.9 Å². The summed E-state index contributed by atoms with van der Waals surface area (Å²) in [6, 6.07) is 8.04. The van der Waals surface area contributed by atoms with E-state index < -0.39 is 28.1 Å². The third-order valence-corrected chi connectivity index (χ3v) is 2.37. The standard InChI is InChI=1S/C10H13NO5S/c11-9(6-8-4-2-1-3-5-8)10(12)16-7-17(13,14)15/h1-5,9H,6-7,11H2,(H,13,14,15)/t9-/m0/s1. The molecule has 0 fully saturated rings. The van der Waals surface area contributed by atoms with Crippen LogP contribution in [-0.2, 0) is 26.1 Å². The van der Waals surface area contributed by atoms with Crippen molar-refractivity contribution in [2.75, 3.05) is 5.94 Å². The number of hydrogen-bond acceptors (Lipinski definition) is 5. The van der Waals surface area contributed by atoms with Gasteiger partial charge >= 0.3 is 16.1 Å². The average Bonchev–Trinajstić information content (AvgIpc) is 2.26. The molecule has 0 aliphatic carbocycles. The normalized spacial score (nSPS) is 13.1. The van der Waals surface area contributed by atoms with E-state index in [1.54, 1.807) is 24.3 Å². The molecule has 0 bridgehead atoms. The van der Waals surface area contributed by atoms with Crippen molar-refractivity contribution in [2.45, 2.75) is 12.5 Å². The van der Waals surface area contributed by atoms with Crippen molar-refractivity contribution < 1.29 is 22.5 Å². The molecule has 94 valence electrons. The highest BCUT2D eigenvalue weighted by atomic mass is 32.2. The van der Waals surface area contributed by atoms with Crippen LogP contribution < -0.4 is 5.73 Å². The summed E-state index contributed by atoms with van der Waals surface area (Å²) in [5.74, 6) is -1.94. The lowest BCUT2D eigenvalue weighted by atomic mass is 10.1. The molecule has 3 N–H and O–H groups in total. The number of esters is 1. The number of carbonyl (C=O) groups is 1. The van der Waals surface area contributed by atoms with Crippen LogP contribution >= 0.6 is 0 Å². The quantitative estimate of drug-likeness (QED) is 0.567. The van der Waals surface area contributed by atoms with Crippen molar-refractivity contribution in [3.05, 3.63) is 35.9 Å². The molecule has 7 heteroatoms. The Bertz CT molecular complexity index is 471. The summed E-state index contributed by atoms with van der Waals surface area (Å²) in [5.41, 5.74) is 6.36. The fourth-order valence-electron chi connectivity index (χ4n) is 1.19. The highest BCUT2D eigenvalue weighted by molar-refractivity contribution is 7.85. The van der Waals surface area contributed by atoms with Crippen LogP contribution in [0.25, 0.3) is 0 Å². The molecule has 0 saturated carbocycles. The maximum Gasteiger partial charge on any atom is 0.324 e. The van der Waals surface area contributed by atoms with E-state index in [0.29, 0.717) is 0 Å². The third kappa shape index (κ3) is 5.43. The van der Waals surface area contributed by atoms with Crippen LogP contribution in [0.3, 0.4) is 0 Å². The monoisotopic (exact) mass is 259 g/mol. The topological polar surface area (TPSA) is 107 Å². The van der Waals surface area contributed by atoms with Crippen LogP contribution in [0.5, 0.6) is 0 Å². The predicted octanol–water partition coefficient (Wildman–Crippen LogP) is -0.0551. The number of benzene rings is 1. The Hall–Kier alpha value is -1.44. The zero-order valence-electron chi connectivity index (χ0n) is 8.94. The van der Waals surface area contributed by atoms with Gasteiger partial charge in [-0.1, -0.05) is 30.3 Å². The predicted molar refractivity (Wildman–Crippen MR) is 60.6 cm³/mol. The van der Waals surface area contributed by atoms with E-state index in [1.807, 2.05) is 6.07 Å². The van der Waals surface area contributed by atoms with Gasteiger partial charge in [0.15, 0.2) is 0 Å². The smallest absolute Gasteiger partial charge is 0.324 e. The minimum Gasteiger partial charge on any atom is -0.445 e. The first-order valence-corrected chi connectivity index (χ1v) is 6.41. The summed E-state index contributed by atoms with van der Waals surface area (Å²) < 4.78 is 33.4. The molecule has 6 nitrogen and oxygen atoms in total. The lowest BCUT2D eigenvalue weighted by Crippen LogP contribution is -2.35. The molecular formula is C10H13NO5S. The lowest BCUT2D eigenvalue weighted by Gasteiger charge is -2.10. The maximum atomic E-state index is 11.3. The Morgan fingerprint density at radius 3 is 2.47 bits per heavy atom. The fourth-order valence-corrected chi connectivity index (χ4v) is 1.46. The first kappa shape index (κ1) is 13.6. The molecule has 0 unspecified atom stereocenters. The summed E-state index contributed by atoms with van der Waals surface area (Å²) in [4.78, 5) is 11.3. The third-order valence-electron chi connectivity index (χ3n) is 1.95. The average molecular weight is 259 g/mol. The van der Waals surface area contributed by atoms with Crippen LogP contribution in [0, 0.1) is 0 Å². The Kier molecular flexibility index (Phi) is 4.62. The molecule has 0 spiro atoms. The molecule has 1 aromatic carbocycles. The first-order chi connectivity index (χ1) is 7.88. The van der Waals surface area contributed by atoms with Crippen LogP contribution in [0.2, 0.25) is 0 Å². The first-order valence-electron chi connectivity index (χ1n) is 4.80. The summed E-state index contributed by atoms with van der Waals surface area (Å²) >= 11 is 0. The minimum absolute atomic E-state index is 0.241. The molecular weight excluding hydrogens is 246 g/mol. The molecule has 0 aromatic heterocycles. The SMILES string of the molecule is N[C@@H](Cc1ccccc1)C(=O)OCS(=O)(=O)O. The van der Waals surface area contributed by atoms with Gasteiger partial charge in [0.05, 0.1) is 0 Å². The lowest BCUT2D eigenvalue weighted by molar-refractivity contribution is -0.143. The van der Waals surface area contributed by atoms with Gasteiger partial charge in [-0.2, -0.15) is 8.42 Å².